The minimum absolute atomic E-state index is 0.0724. The third-order valence-corrected chi connectivity index (χ3v) is 4.29. The molecule has 0 unspecified atom stereocenters. The Kier molecular flexibility index (Phi) is 4.41. The lowest BCUT2D eigenvalue weighted by Crippen LogP contribution is -2.44. The highest BCUT2D eigenvalue weighted by Gasteiger charge is 2.39. The molecule has 0 radical (unpaired) electrons. The summed E-state index contributed by atoms with van der Waals surface area (Å²) in [7, 11) is 0. The predicted octanol–water partition coefficient (Wildman–Crippen LogP) is 1.50. The maximum atomic E-state index is 12.6. The average Bonchev–Trinajstić information content (AvgIpc) is 3.17. The van der Waals surface area contributed by atoms with E-state index < -0.39 is 12.0 Å². The van der Waals surface area contributed by atoms with Crippen molar-refractivity contribution in [2.75, 3.05) is 6.54 Å². The number of carbonyl (C=O) groups is 2. The van der Waals surface area contributed by atoms with E-state index in [0.717, 1.165) is 5.56 Å². The minimum Gasteiger partial charge on any atom is -0.480 e. The zero-order valence-corrected chi connectivity index (χ0v) is 12.7. The molecule has 1 aliphatic rings. The van der Waals surface area contributed by atoms with Gasteiger partial charge in [-0.2, -0.15) is 0 Å². The Hall–Kier alpha value is -2.63. The molecule has 1 aromatic heterocycles. The quantitative estimate of drug-likeness (QED) is 0.846. The van der Waals surface area contributed by atoms with Gasteiger partial charge in [-0.1, -0.05) is 30.3 Å². The number of carboxylic acids is 1. The number of H-pyrrole nitrogens is 1. The predicted molar refractivity (Wildman–Crippen MR) is 83.7 cm³/mol. The molecule has 1 fully saturated rings. The molecule has 120 valence electrons. The van der Waals surface area contributed by atoms with Gasteiger partial charge >= 0.3 is 5.97 Å². The number of aromatic amines is 1. The van der Waals surface area contributed by atoms with Crippen LogP contribution in [0.25, 0.3) is 0 Å². The molecule has 1 aliphatic heterocycles. The van der Waals surface area contributed by atoms with Gasteiger partial charge in [0.05, 0.1) is 12.0 Å². The van der Waals surface area contributed by atoms with Crippen LogP contribution in [0, 0.1) is 5.92 Å². The number of aliphatic carboxylic acids is 1. The van der Waals surface area contributed by atoms with E-state index >= 15 is 0 Å². The molecule has 1 amide bonds. The molecule has 0 bridgehead atoms. The van der Waals surface area contributed by atoms with E-state index in [-0.39, 0.29) is 18.2 Å². The fourth-order valence-corrected chi connectivity index (χ4v) is 3.09. The number of aromatic nitrogens is 2. The zero-order valence-electron chi connectivity index (χ0n) is 12.7. The van der Waals surface area contributed by atoms with Gasteiger partial charge in [0.15, 0.2) is 0 Å². The van der Waals surface area contributed by atoms with Crippen molar-refractivity contribution in [2.24, 2.45) is 5.92 Å². The van der Waals surface area contributed by atoms with Crippen molar-refractivity contribution in [3.05, 3.63) is 54.1 Å². The van der Waals surface area contributed by atoms with Gasteiger partial charge in [-0.25, -0.2) is 9.78 Å². The number of amides is 1. The van der Waals surface area contributed by atoms with Crippen molar-refractivity contribution in [1.29, 1.82) is 0 Å². The van der Waals surface area contributed by atoms with Crippen LogP contribution in [0.15, 0.2) is 42.9 Å². The number of imidazole rings is 1. The first-order valence-electron chi connectivity index (χ1n) is 7.70. The van der Waals surface area contributed by atoms with Crippen LogP contribution < -0.4 is 0 Å². The van der Waals surface area contributed by atoms with Crippen molar-refractivity contribution in [2.45, 2.75) is 25.3 Å². The summed E-state index contributed by atoms with van der Waals surface area (Å²) in [5, 5.41) is 9.49. The Labute approximate surface area is 134 Å². The van der Waals surface area contributed by atoms with Gasteiger partial charge in [-0.3, -0.25) is 4.79 Å². The van der Waals surface area contributed by atoms with E-state index in [2.05, 4.69) is 9.97 Å². The lowest BCUT2D eigenvalue weighted by Gasteiger charge is -2.24. The average molecular weight is 313 g/mol. The van der Waals surface area contributed by atoms with Gasteiger partial charge in [0.25, 0.3) is 0 Å². The number of rotatable bonds is 6. The molecule has 1 aromatic carbocycles. The topological polar surface area (TPSA) is 86.3 Å². The van der Waals surface area contributed by atoms with Crippen molar-refractivity contribution < 1.29 is 14.7 Å². The number of benzene rings is 1. The Bertz CT molecular complexity index is 670. The normalized spacial score (nSPS) is 19.0. The lowest BCUT2D eigenvalue weighted by atomic mass is 9.98. The summed E-state index contributed by atoms with van der Waals surface area (Å²) in [6.45, 7) is 0.484. The Morgan fingerprint density at radius 2 is 2.17 bits per heavy atom. The van der Waals surface area contributed by atoms with E-state index in [4.69, 9.17) is 0 Å². The number of carbonyl (C=O) groups excluding carboxylic acids is 1. The number of hydrogen-bond acceptors (Lipinski definition) is 3. The molecule has 23 heavy (non-hydrogen) atoms. The van der Waals surface area contributed by atoms with Crippen molar-refractivity contribution in [1.82, 2.24) is 14.9 Å². The lowest BCUT2D eigenvalue weighted by molar-refractivity contribution is -0.149. The molecular weight excluding hydrogens is 294 g/mol. The number of hydrogen-bond donors (Lipinski definition) is 2. The maximum absolute atomic E-state index is 12.6. The first kappa shape index (κ1) is 15.3. The van der Waals surface area contributed by atoms with Crippen LogP contribution in [0.5, 0.6) is 0 Å². The van der Waals surface area contributed by atoms with Gasteiger partial charge in [0.2, 0.25) is 5.91 Å². The molecule has 0 saturated carbocycles. The Morgan fingerprint density at radius 1 is 1.39 bits per heavy atom. The van der Waals surface area contributed by atoms with Crippen molar-refractivity contribution >= 4 is 11.9 Å². The molecule has 2 atom stereocenters. The van der Waals surface area contributed by atoms with Crippen LogP contribution >= 0.6 is 0 Å². The van der Waals surface area contributed by atoms with Gasteiger partial charge < -0.3 is 15.0 Å². The molecule has 2 N–H and O–H groups in total. The van der Waals surface area contributed by atoms with E-state index in [1.165, 1.54) is 11.2 Å². The number of nitrogens with zero attached hydrogens (tertiary/aromatic N) is 2. The van der Waals surface area contributed by atoms with Gasteiger partial charge in [0, 0.05) is 25.1 Å². The second-order valence-corrected chi connectivity index (χ2v) is 5.83. The summed E-state index contributed by atoms with van der Waals surface area (Å²) in [5.74, 6) is -1.20. The smallest absolute Gasteiger partial charge is 0.326 e. The minimum atomic E-state index is -0.985. The van der Waals surface area contributed by atoms with Crippen LogP contribution in [0.2, 0.25) is 0 Å². The van der Waals surface area contributed by atoms with Crippen LogP contribution in [0.4, 0.5) is 0 Å². The molecule has 1 saturated heterocycles. The number of nitrogens with one attached hydrogen (secondary N) is 1. The van der Waals surface area contributed by atoms with Gasteiger partial charge in [-0.15, -0.1) is 0 Å². The fraction of sp³-hybridized carbons (Fsp3) is 0.353. The van der Waals surface area contributed by atoms with Crippen molar-refractivity contribution in [3.63, 3.8) is 0 Å². The molecule has 6 heteroatoms. The standard InChI is InChI=1S/C17H19N3O3/c21-16-13(8-12-4-2-1-3-5-12)6-7-20(16)15(17(22)23)9-14-10-18-11-19-14/h1-5,10-11,13,15H,6-9H2,(H,18,19)(H,22,23)/t13-,15+/m1/s1. The summed E-state index contributed by atoms with van der Waals surface area (Å²) < 4.78 is 0. The second kappa shape index (κ2) is 6.64. The van der Waals surface area contributed by atoms with Crippen LogP contribution in [-0.4, -0.2) is 44.4 Å². The van der Waals surface area contributed by atoms with E-state index in [1.807, 2.05) is 30.3 Å². The summed E-state index contributed by atoms with van der Waals surface area (Å²) >= 11 is 0. The van der Waals surface area contributed by atoms with Gasteiger partial charge in [-0.05, 0) is 18.4 Å². The summed E-state index contributed by atoms with van der Waals surface area (Å²) in [6.07, 6.45) is 4.75. The number of carboxylic acid groups (broad SMARTS) is 1. The molecule has 6 nitrogen and oxygen atoms in total. The Morgan fingerprint density at radius 3 is 2.83 bits per heavy atom. The summed E-state index contributed by atoms with van der Waals surface area (Å²) in [4.78, 5) is 32.6. The molecule has 0 spiro atoms. The third kappa shape index (κ3) is 3.41. The van der Waals surface area contributed by atoms with E-state index in [9.17, 15) is 14.7 Å². The zero-order chi connectivity index (χ0) is 16.2. The Balaban J connectivity index is 1.70. The van der Waals surface area contributed by atoms with Crippen LogP contribution in [0.1, 0.15) is 17.7 Å². The monoisotopic (exact) mass is 313 g/mol. The van der Waals surface area contributed by atoms with E-state index in [1.54, 1.807) is 6.20 Å². The summed E-state index contributed by atoms with van der Waals surface area (Å²) in [6, 6.07) is 8.97. The molecule has 2 aromatic rings. The first-order chi connectivity index (χ1) is 11.1. The highest BCUT2D eigenvalue weighted by atomic mass is 16.4. The fourth-order valence-electron chi connectivity index (χ4n) is 3.09. The maximum Gasteiger partial charge on any atom is 0.326 e. The highest BCUT2D eigenvalue weighted by Crippen LogP contribution is 2.25. The molecule has 2 heterocycles. The van der Waals surface area contributed by atoms with Crippen LogP contribution in [-0.2, 0) is 22.4 Å². The third-order valence-electron chi connectivity index (χ3n) is 4.29. The summed E-state index contributed by atoms with van der Waals surface area (Å²) in [5.41, 5.74) is 1.75. The first-order valence-corrected chi connectivity index (χ1v) is 7.70. The molecule has 0 aliphatic carbocycles. The SMILES string of the molecule is O=C(O)[C@H](Cc1c[nH]cn1)N1CC[C@H](Cc2ccccc2)C1=O. The van der Waals surface area contributed by atoms with Crippen LogP contribution in [0.3, 0.4) is 0 Å². The second-order valence-electron chi connectivity index (χ2n) is 5.83. The largest absolute Gasteiger partial charge is 0.480 e. The van der Waals surface area contributed by atoms with Crippen molar-refractivity contribution in [3.8, 4) is 0 Å². The number of likely N-dealkylation sites (tertiary alicyclic amines) is 1. The van der Waals surface area contributed by atoms with E-state index in [0.29, 0.717) is 25.1 Å². The van der Waals surface area contributed by atoms with Gasteiger partial charge in [0.1, 0.15) is 6.04 Å². The highest BCUT2D eigenvalue weighted by molar-refractivity contribution is 5.87. The molecule has 3 rings (SSSR count). The molecular formula is C17H19N3O3.